The summed E-state index contributed by atoms with van der Waals surface area (Å²) < 4.78 is 0. The van der Waals surface area contributed by atoms with E-state index in [1.54, 1.807) is 12.1 Å². The number of carboxylic acid groups (broad SMARTS) is 1. The summed E-state index contributed by atoms with van der Waals surface area (Å²) in [7, 11) is 0. The highest BCUT2D eigenvalue weighted by molar-refractivity contribution is 5.89. The number of nitrogens with zero attached hydrogens (tertiary/aromatic N) is 1. The Morgan fingerprint density at radius 3 is 2.46 bits per heavy atom. The standard InChI is InChI=1S/C20H25NO3/c22-19(18-12-17(18)14-5-6-14)21-9-7-13(8-10-21)11-15-3-1-2-4-16(15)20(23)24/h1-4,13-14,17-18H,5-12H2,(H,23,24). The third-order valence-corrected chi connectivity index (χ3v) is 6.07. The number of rotatable bonds is 5. The van der Waals surface area contributed by atoms with E-state index in [2.05, 4.69) is 4.90 Å². The van der Waals surface area contributed by atoms with E-state index in [-0.39, 0.29) is 0 Å². The minimum atomic E-state index is -0.849. The lowest BCUT2D eigenvalue weighted by molar-refractivity contribution is -0.134. The van der Waals surface area contributed by atoms with Crippen molar-refractivity contribution < 1.29 is 14.7 Å². The molecule has 3 aliphatic rings. The summed E-state index contributed by atoms with van der Waals surface area (Å²) in [6.07, 6.45) is 6.56. The second-order valence-electron chi connectivity index (χ2n) is 7.78. The highest BCUT2D eigenvalue weighted by atomic mass is 16.4. The molecule has 24 heavy (non-hydrogen) atoms. The lowest BCUT2D eigenvalue weighted by Gasteiger charge is -2.32. The monoisotopic (exact) mass is 327 g/mol. The fourth-order valence-corrected chi connectivity index (χ4v) is 4.35. The normalized spacial score (nSPS) is 27.1. The Morgan fingerprint density at radius 1 is 1.08 bits per heavy atom. The maximum absolute atomic E-state index is 12.6. The molecule has 4 heteroatoms. The van der Waals surface area contributed by atoms with Gasteiger partial charge in [0.1, 0.15) is 0 Å². The highest BCUT2D eigenvalue weighted by Gasteiger charge is 2.52. The van der Waals surface area contributed by atoms with Gasteiger partial charge in [0.2, 0.25) is 5.91 Å². The van der Waals surface area contributed by atoms with E-state index < -0.39 is 5.97 Å². The van der Waals surface area contributed by atoms with Gasteiger partial charge in [-0.1, -0.05) is 18.2 Å². The number of hydrogen-bond donors (Lipinski definition) is 1. The second kappa shape index (κ2) is 6.23. The molecule has 0 bridgehead atoms. The quantitative estimate of drug-likeness (QED) is 0.903. The topological polar surface area (TPSA) is 57.6 Å². The molecule has 3 fully saturated rings. The third kappa shape index (κ3) is 3.19. The van der Waals surface area contributed by atoms with Crippen LogP contribution in [0.2, 0.25) is 0 Å². The zero-order chi connectivity index (χ0) is 16.7. The van der Waals surface area contributed by atoms with Crippen LogP contribution in [0.15, 0.2) is 24.3 Å². The largest absolute Gasteiger partial charge is 0.478 e. The van der Waals surface area contributed by atoms with Crippen LogP contribution in [0.4, 0.5) is 0 Å². The number of aromatic carboxylic acids is 1. The molecule has 1 aliphatic heterocycles. The first-order chi connectivity index (χ1) is 11.6. The molecular formula is C20H25NO3. The number of hydrogen-bond acceptors (Lipinski definition) is 2. The Hall–Kier alpha value is -1.84. The highest BCUT2D eigenvalue weighted by Crippen LogP contribution is 2.55. The van der Waals surface area contributed by atoms with Crippen LogP contribution in [0.25, 0.3) is 0 Å². The van der Waals surface area contributed by atoms with Crippen molar-refractivity contribution in [2.24, 2.45) is 23.7 Å². The zero-order valence-electron chi connectivity index (χ0n) is 14.0. The number of amides is 1. The van der Waals surface area contributed by atoms with E-state index in [1.807, 2.05) is 12.1 Å². The third-order valence-electron chi connectivity index (χ3n) is 6.07. The van der Waals surface area contributed by atoms with Crippen molar-refractivity contribution in [2.75, 3.05) is 13.1 Å². The molecule has 1 N–H and O–H groups in total. The van der Waals surface area contributed by atoms with Gasteiger partial charge in [-0.3, -0.25) is 4.79 Å². The summed E-state index contributed by atoms with van der Waals surface area (Å²) >= 11 is 0. The second-order valence-corrected chi connectivity index (χ2v) is 7.78. The molecule has 2 saturated carbocycles. The molecule has 2 aliphatic carbocycles. The van der Waals surface area contributed by atoms with Crippen LogP contribution >= 0.6 is 0 Å². The van der Waals surface area contributed by atoms with E-state index in [0.717, 1.165) is 50.3 Å². The molecule has 1 heterocycles. The SMILES string of the molecule is O=C(O)c1ccccc1CC1CCN(C(=O)C2CC2C2CC2)CC1. The zero-order valence-corrected chi connectivity index (χ0v) is 14.0. The molecule has 1 aromatic rings. The predicted molar refractivity (Wildman–Crippen MR) is 90.7 cm³/mol. The Kier molecular flexibility index (Phi) is 4.07. The number of carboxylic acids is 1. The predicted octanol–water partition coefficient (Wildman–Crippen LogP) is 3.21. The Bertz CT molecular complexity index is 644. The number of piperidine rings is 1. The lowest BCUT2D eigenvalue weighted by Crippen LogP contribution is -2.40. The molecule has 0 spiro atoms. The van der Waals surface area contributed by atoms with Crippen molar-refractivity contribution in [2.45, 2.75) is 38.5 Å². The Balaban J connectivity index is 1.30. The van der Waals surface area contributed by atoms with Crippen molar-refractivity contribution in [1.82, 2.24) is 4.90 Å². The summed E-state index contributed by atoms with van der Waals surface area (Å²) in [4.78, 5) is 25.9. The van der Waals surface area contributed by atoms with Gasteiger partial charge in [-0.2, -0.15) is 0 Å². The maximum Gasteiger partial charge on any atom is 0.335 e. The summed E-state index contributed by atoms with van der Waals surface area (Å²) in [5.41, 5.74) is 1.34. The maximum atomic E-state index is 12.6. The van der Waals surface area contributed by atoms with Gasteiger partial charge in [-0.15, -0.1) is 0 Å². The molecule has 2 unspecified atom stereocenters. The van der Waals surface area contributed by atoms with E-state index in [9.17, 15) is 14.7 Å². The molecule has 4 rings (SSSR count). The van der Waals surface area contributed by atoms with Crippen LogP contribution in [-0.4, -0.2) is 35.0 Å². The van der Waals surface area contributed by atoms with Gasteiger partial charge < -0.3 is 10.0 Å². The smallest absolute Gasteiger partial charge is 0.335 e. The first kappa shape index (κ1) is 15.7. The Morgan fingerprint density at radius 2 is 1.79 bits per heavy atom. The fraction of sp³-hybridized carbons (Fsp3) is 0.600. The van der Waals surface area contributed by atoms with Gasteiger partial charge in [0.25, 0.3) is 0 Å². The van der Waals surface area contributed by atoms with E-state index >= 15 is 0 Å². The molecule has 4 nitrogen and oxygen atoms in total. The summed E-state index contributed by atoms with van der Waals surface area (Å²) in [6.45, 7) is 1.68. The lowest BCUT2D eigenvalue weighted by atomic mass is 9.88. The molecule has 1 aromatic carbocycles. The van der Waals surface area contributed by atoms with Crippen LogP contribution in [0.5, 0.6) is 0 Å². The minimum absolute atomic E-state index is 0.321. The minimum Gasteiger partial charge on any atom is -0.478 e. The molecular weight excluding hydrogens is 302 g/mol. The first-order valence-corrected chi connectivity index (χ1v) is 9.23. The van der Waals surface area contributed by atoms with Crippen molar-refractivity contribution >= 4 is 11.9 Å². The molecule has 1 saturated heterocycles. The first-order valence-electron chi connectivity index (χ1n) is 9.23. The molecule has 128 valence electrons. The van der Waals surface area contributed by atoms with Crippen molar-refractivity contribution in [3.63, 3.8) is 0 Å². The van der Waals surface area contributed by atoms with Crippen LogP contribution in [0, 0.1) is 23.7 Å². The van der Waals surface area contributed by atoms with E-state index in [1.165, 1.54) is 12.8 Å². The van der Waals surface area contributed by atoms with Gasteiger partial charge >= 0.3 is 5.97 Å². The van der Waals surface area contributed by atoms with Crippen LogP contribution < -0.4 is 0 Å². The average molecular weight is 327 g/mol. The number of benzene rings is 1. The number of carbonyl (C=O) groups excluding carboxylic acids is 1. The van der Waals surface area contributed by atoms with Crippen LogP contribution in [0.1, 0.15) is 48.0 Å². The van der Waals surface area contributed by atoms with E-state index in [4.69, 9.17) is 0 Å². The van der Waals surface area contributed by atoms with Crippen LogP contribution in [-0.2, 0) is 11.2 Å². The van der Waals surface area contributed by atoms with E-state index in [0.29, 0.717) is 29.2 Å². The summed E-state index contributed by atoms with van der Waals surface area (Å²) in [5, 5.41) is 9.30. The average Bonchev–Trinajstić information content (AvgIpc) is 3.47. The van der Waals surface area contributed by atoms with Gasteiger partial charge in [-0.05, 0) is 67.9 Å². The molecule has 1 amide bonds. The van der Waals surface area contributed by atoms with Gasteiger partial charge in [-0.25, -0.2) is 4.79 Å². The van der Waals surface area contributed by atoms with Gasteiger partial charge in [0, 0.05) is 19.0 Å². The number of likely N-dealkylation sites (tertiary alicyclic amines) is 1. The molecule has 0 radical (unpaired) electrons. The summed E-state index contributed by atoms with van der Waals surface area (Å²) in [6, 6.07) is 7.29. The fourth-order valence-electron chi connectivity index (χ4n) is 4.35. The van der Waals surface area contributed by atoms with Gasteiger partial charge in [0.15, 0.2) is 0 Å². The molecule has 2 atom stereocenters. The van der Waals surface area contributed by atoms with Gasteiger partial charge in [0.05, 0.1) is 5.56 Å². The number of carbonyl (C=O) groups is 2. The summed E-state index contributed by atoms with van der Waals surface area (Å²) in [5.74, 6) is 1.88. The molecule has 0 aromatic heterocycles. The van der Waals surface area contributed by atoms with Crippen molar-refractivity contribution in [3.8, 4) is 0 Å². The Labute approximate surface area is 142 Å². The van der Waals surface area contributed by atoms with Crippen molar-refractivity contribution in [1.29, 1.82) is 0 Å². The van der Waals surface area contributed by atoms with Crippen molar-refractivity contribution in [3.05, 3.63) is 35.4 Å². The van der Waals surface area contributed by atoms with Crippen LogP contribution in [0.3, 0.4) is 0 Å².